The SMILES string of the molecule is [13CH3]C(=O)[13CH2]C(=O)O. The second kappa shape index (κ2) is 2.34. The van der Waals surface area contributed by atoms with Crippen LogP contribution in [0, 0.1) is 0 Å². The van der Waals surface area contributed by atoms with E-state index in [2.05, 4.69) is 0 Å². The Morgan fingerprint density at radius 3 is 2.00 bits per heavy atom. The van der Waals surface area contributed by atoms with E-state index in [0.29, 0.717) is 0 Å². The van der Waals surface area contributed by atoms with Crippen LogP contribution in [0.3, 0.4) is 0 Å². The van der Waals surface area contributed by atoms with E-state index in [1.165, 1.54) is 6.92 Å². The van der Waals surface area contributed by atoms with E-state index in [4.69, 9.17) is 5.11 Å². The van der Waals surface area contributed by atoms with Crippen LogP contribution in [0.15, 0.2) is 0 Å². The first-order valence-electron chi connectivity index (χ1n) is 1.84. The van der Waals surface area contributed by atoms with Gasteiger partial charge in [-0.05, 0) is 6.92 Å². The van der Waals surface area contributed by atoms with Gasteiger partial charge >= 0.3 is 5.97 Å². The molecule has 0 aromatic carbocycles. The van der Waals surface area contributed by atoms with E-state index >= 15 is 0 Å². The largest absolute Gasteiger partial charge is 0.481 e. The summed E-state index contributed by atoms with van der Waals surface area (Å²) < 4.78 is 0. The number of hydrogen-bond acceptors (Lipinski definition) is 2. The summed E-state index contributed by atoms with van der Waals surface area (Å²) in [6.07, 6.45) is -0.361. The first-order chi connectivity index (χ1) is 3.13. The Kier molecular flexibility index (Phi) is 2.05. The van der Waals surface area contributed by atoms with Crippen LogP contribution >= 0.6 is 0 Å². The molecule has 0 aromatic heterocycles. The maximum absolute atomic E-state index is 9.87. The normalized spacial score (nSPS) is 8.14. The molecule has 1 N–H and O–H groups in total. The van der Waals surface area contributed by atoms with Crippen LogP contribution in [0.2, 0.25) is 0 Å². The first kappa shape index (κ1) is 6.14. The van der Waals surface area contributed by atoms with Gasteiger partial charge in [0, 0.05) is 0 Å². The summed E-state index contributed by atoms with van der Waals surface area (Å²) >= 11 is 0. The van der Waals surface area contributed by atoms with Crippen molar-refractivity contribution < 1.29 is 14.7 Å². The molecule has 0 rings (SSSR count). The second-order valence-electron chi connectivity index (χ2n) is 1.27. The van der Waals surface area contributed by atoms with Crippen LogP contribution in [0.4, 0.5) is 0 Å². The van der Waals surface area contributed by atoms with E-state index in [1.54, 1.807) is 0 Å². The lowest BCUT2D eigenvalue weighted by atomic mass is 10.7. The molecule has 0 heterocycles. The smallest absolute Gasteiger partial charge is 0.310 e. The Balaban J connectivity index is 3.32. The molecule has 0 radical (unpaired) electrons. The van der Waals surface area contributed by atoms with Crippen molar-refractivity contribution in [3.8, 4) is 0 Å². The van der Waals surface area contributed by atoms with Gasteiger partial charge in [-0.1, -0.05) is 0 Å². The van der Waals surface area contributed by atoms with Gasteiger partial charge in [-0.3, -0.25) is 9.59 Å². The summed E-state index contributed by atoms with van der Waals surface area (Å²) in [5.41, 5.74) is 0. The lowest BCUT2D eigenvalue weighted by Gasteiger charge is -1.80. The summed E-state index contributed by atoms with van der Waals surface area (Å²) in [6, 6.07) is 0. The number of hydrogen-bond donors (Lipinski definition) is 1. The topological polar surface area (TPSA) is 54.4 Å². The number of carboxylic acid groups (broad SMARTS) is 1. The molecular formula is C4H6O3. The lowest BCUT2D eigenvalue weighted by molar-refractivity contribution is -0.139. The third kappa shape index (κ3) is 5.14. The monoisotopic (exact) mass is 104 g/mol. The standard InChI is InChI=1S/C4H6O3/c1-3(5)2-4(6)7/h2H2,1H3,(H,6,7)/i1+1,2+1. The number of ketones is 1. The van der Waals surface area contributed by atoms with Gasteiger partial charge in [0.05, 0.1) is 0 Å². The zero-order valence-electron chi connectivity index (χ0n) is 3.97. The van der Waals surface area contributed by atoms with Gasteiger partial charge in [-0.2, -0.15) is 0 Å². The molecule has 0 aliphatic carbocycles. The molecule has 0 saturated carbocycles. The van der Waals surface area contributed by atoms with Crippen molar-refractivity contribution in [1.82, 2.24) is 0 Å². The van der Waals surface area contributed by atoms with Crippen molar-refractivity contribution in [2.45, 2.75) is 13.3 Å². The third-order valence-electron chi connectivity index (χ3n) is 0.400. The summed E-state index contributed by atoms with van der Waals surface area (Å²) in [7, 11) is 0. The van der Waals surface area contributed by atoms with Crippen LogP contribution in [-0.4, -0.2) is 16.9 Å². The van der Waals surface area contributed by atoms with Gasteiger partial charge in [0.2, 0.25) is 0 Å². The van der Waals surface area contributed by atoms with Crippen LogP contribution in [0.1, 0.15) is 13.3 Å². The highest BCUT2D eigenvalue weighted by molar-refractivity contribution is 5.93. The fraction of sp³-hybridized carbons (Fsp3) is 0.500. The number of carboxylic acids is 1. The lowest BCUT2D eigenvalue weighted by Crippen LogP contribution is -2.00. The summed E-state index contributed by atoms with van der Waals surface area (Å²) in [5, 5.41) is 7.86. The average Bonchev–Trinajstić information content (AvgIpc) is 1.27. The zero-order valence-corrected chi connectivity index (χ0v) is 3.97. The fourth-order valence-electron chi connectivity index (χ4n) is 0.213. The molecule has 0 unspecified atom stereocenters. The van der Waals surface area contributed by atoms with Crippen LogP contribution < -0.4 is 0 Å². The fourth-order valence-corrected chi connectivity index (χ4v) is 0.213. The molecule has 0 amide bonds. The molecule has 0 bridgehead atoms. The van der Waals surface area contributed by atoms with Crippen molar-refractivity contribution in [2.75, 3.05) is 0 Å². The maximum atomic E-state index is 9.87. The van der Waals surface area contributed by atoms with Gasteiger partial charge in [-0.15, -0.1) is 0 Å². The van der Waals surface area contributed by atoms with Gasteiger partial charge in [-0.25, -0.2) is 0 Å². The molecule has 7 heavy (non-hydrogen) atoms. The molecule has 0 fully saturated rings. The number of Topliss-reactive ketones (excluding diaryl/α,β-unsaturated/α-hetero) is 1. The molecule has 0 aliphatic rings. The quantitative estimate of drug-likeness (QED) is 0.397. The highest BCUT2D eigenvalue weighted by Gasteiger charge is 1.98. The van der Waals surface area contributed by atoms with E-state index in [1.807, 2.05) is 0 Å². The molecule has 0 saturated heterocycles. The van der Waals surface area contributed by atoms with Crippen molar-refractivity contribution in [2.24, 2.45) is 0 Å². The van der Waals surface area contributed by atoms with Crippen LogP contribution in [-0.2, 0) is 9.59 Å². The molecule has 3 nitrogen and oxygen atoms in total. The zero-order chi connectivity index (χ0) is 5.86. The van der Waals surface area contributed by atoms with Crippen molar-refractivity contribution in [3.05, 3.63) is 0 Å². The van der Waals surface area contributed by atoms with Crippen LogP contribution in [0.5, 0.6) is 0 Å². The highest BCUT2D eigenvalue weighted by atomic mass is 16.4. The Bertz CT molecular complexity index is 83.1. The predicted molar refractivity (Wildman–Crippen MR) is 22.9 cm³/mol. The van der Waals surface area contributed by atoms with Crippen molar-refractivity contribution in [1.29, 1.82) is 0 Å². The Labute approximate surface area is 41.0 Å². The second-order valence-corrected chi connectivity index (χ2v) is 1.27. The first-order valence-corrected chi connectivity index (χ1v) is 1.84. The maximum Gasteiger partial charge on any atom is 0.310 e. The molecule has 0 aromatic rings. The summed E-state index contributed by atoms with van der Waals surface area (Å²) in [5.74, 6) is -1.37. The van der Waals surface area contributed by atoms with Crippen molar-refractivity contribution in [3.63, 3.8) is 0 Å². The number of aliphatic carboxylic acids is 1. The van der Waals surface area contributed by atoms with Crippen LogP contribution in [0.25, 0.3) is 0 Å². The molecule has 40 valence electrons. The van der Waals surface area contributed by atoms with Crippen molar-refractivity contribution >= 4 is 11.8 Å². The number of carbonyl (C=O) groups is 2. The minimum atomic E-state index is -1.06. The van der Waals surface area contributed by atoms with Gasteiger partial charge in [0.25, 0.3) is 0 Å². The van der Waals surface area contributed by atoms with E-state index in [0.717, 1.165) is 0 Å². The Morgan fingerprint density at radius 1 is 1.57 bits per heavy atom. The molecule has 0 aliphatic heterocycles. The Morgan fingerprint density at radius 2 is 2.00 bits per heavy atom. The summed E-state index contributed by atoms with van der Waals surface area (Å²) in [6.45, 7) is 1.24. The van der Waals surface area contributed by atoms with Gasteiger partial charge in [0.1, 0.15) is 12.2 Å². The minimum Gasteiger partial charge on any atom is -0.481 e. The predicted octanol–water partition coefficient (Wildman–Crippen LogP) is 0.0501. The minimum absolute atomic E-state index is 0.312. The highest BCUT2D eigenvalue weighted by Crippen LogP contribution is 1.77. The van der Waals surface area contributed by atoms with E-state index in [-0.39, 0.29) is 12.2 Å². The summed E-state index contributed by atoms with van der Waals surface area (Å²) in [4.78, 5) is 19.5. The van der Waals surface area contributed by atoms with Gasteiger partial charge in [0.15, 0.2) is 0 Å². The molecule has 0 spiro atoms. The van der Waals surface area contributed by atoms with Gasteiger partial charge < -0.3 is 5.11 Å². The molecule has 3 heteroatoms. The van der Waals surface area contributed by atoms with E-state index in [9.17, 15) is 9.59 Å². The average molecular weight is 104 g/mol. The molecular weight excluding hydrogens is 98.0 g/mol. The Hall–Kier alpha value is -0.860. The number of rotatable bonds is 2. The third-order valence-corrected chi connectivity index (χ3v) is 0.400. The number of carbonyl (C=O) groups excluding carboxylic acids is 1. The molecule has 0 atom stereocenters. The van der Waals surface area contributed by atoms with E-state index < -0.39 is 5.97 Å².